The first kappa shape index (κ1) is 16.5. The third-order valence-corrected chi connectivity index (χ3v) is 2.34. The van der Waals surface area contributed by atoms with Crippen LogP contribution in [0.25, 0.3) is 0 Å². The van der Waals surface area contributed by atoms with Crippen molar-refractivity contribution in [2.24, 2.45) is 0 Å². The number of alkyl halides is 5. The smallest absolute Gasteiger partial charge is 0.455 e. The van der Waals surface area contributed by atoms with Crippen LogP contribution in [0.1, 0.15) is 10.4 Å². The van der Waals surface area contributed by atoms with Crippen LogP contribution in [0.4, 0.5) is 30.7 Å². The first-order chi connectivity index (χ1) is 8.95. The van der Waals surface area contributed by atoms with Gasteiger partial charge in [-0.3, -0.25) is 0 Å². The van der Waals surface area contributed by atoms with Crippen molar-refractivity contribution in [3.63, 3.8) is 0 Å². The molecule has 0 N–H and O–H groups in total. The molecule has 0 bridgehead atoms. The van der Waals surface area contributed by atoms with Gasteiger partial charge in [0, 0.05) is 0 Å². The Morgan fingerprint density at radius 2 is 1.60 bits per heavy atom. The van der Waals surface area contributed by atoms with E-state index in [9.17, 15) is 35.5 Å². The van der Waals surface area contributed by atoms with Crippen LogP contribution in [0.5, 0.6) is 0 Å². The Labute approximate surface area is 112 Å². The van der Waals surface area contributed by atoms with Crippen molar-refractivity contribution in [2.45, 2.75) is 12.1 Å². The monoisotopic (exact) mass is 324 g/mol. The van der Waals surface area contributed by atoms with Crippen LogP contribution >= 0.6 is 11.6 Å². The molecule has 0 aliphatic carbocycles. The fraction of sp³-hybridized carbons (Fsp3) is 0.300. The average molecular weight is 325 g/mol. The van der Waals surface area contributed by atoms with Crippen molar-refractivity contribution in [1.29, 1.82) is 0 Å². The second-order valence-corrected chi connectivity index (χ2v) is 3.93. The molecule has 0 saturated heterocycles. The number of benzene rings is 1. The zero-order valence-electron chi connectivity index (χ0n) is 9.20. The van der Waals surface area contributed by atoms with Crippen molar-refractivity contribution in [1.82, 2.24) is 0 Å². The number of hydrogen-bond acceptors (Lipinski definition) is 2. The lowest BCUT2D eigenvalue weighted by Gasteiger charge is -2.19. The second kappa shape index (κ2) is 5.47. The number of hydrogen-bond donors (Lipinski definition) is 0. The SMILES string of the molecule is O=C(OCC(F)(F)C(F)(F)F)c1cc(F)c(F)cc1Cl. The number of esters is 1. The molecule has 0 atom stereocenters. The van der Waals surface area contributed by atoms with Crippen LogP contribution < -0.4 is 0 Å². The zero-order chi connectivity index (χ0) is 15.7. The lowest BCUT2D eigenvalue weighted by Crippen LogP contribution is -2.41. The van der Waals surface area contributed by atoms with E-state index in [2.05, 4.69) is 4.74 Å². The maximum atomic E-state index is 12.8. The maximum Gasteiger partial charge on any atom is 0.456 e. The summed E-state index contributed by atoms with van der Waals surface area (Å²) in [5, 5.41) is -0.691. The van der Waals surface area contributed by atoms with E-state index >= 15 is 0 Å². The fourth-order valence-electron chi connectivity index (χ4n) is 0.995. The summed E-state index contributed by atoms with van der Waals surface area (Å²) < 4.78 is 89.6. The van der Waals surface area contributed by atoms with Crippen LogP contribution in [0, 0.1) is 11.6 Å². The largest absolute Gasteiger partial charge is 0.456 e. The van der Waals surface area contributed by atoms with Crippen LogP contribution in [0.3, 0.4) is 0 Å². The molecule has 1 aromatic carbocycles. The van der Waals surface area contributed by atoms with Gasteiger partial charge < -0.3 is 4.74 Å². The molecule has 0 radical (unpaired) electrons. The first-order valence-corrected chi connectivity index (χ1v) is 5.09. The molecule has 0 fully saturated rings. The third-order valence-electron chi connectivity index (χ3n) is 2.03. The van der Waals surface area contributed by atoms with Crippen LogP contribution in [-0.2, 0) is 4.74 Å². The number of rotatable bonds is 3. The minimum atomic E-state index is -5.91. The summed E-state index contributed by atoms with van der Waals surface area (Å²) in [5.41, 5.74) is -0.872. The van der Waals surface area contributed by atoms with Crippen LogP contribution in [0.15, 0.2) is 12.1 Å². The van der Waals surface area contributed by atoms with Gasteiger partial charge in [0.1, 0.15) is 0 Å². The summed E-state index contributed by atoms with van der Waals surface area (Å²) in [4.78, 5) is 11.2. The van der Waals surface area contributed by atoms with Gasteiger partial charge in [0.2, 0.25) is 0 Å². The van der Waals surface area contributed by atoms with E-state index in [4.69, 9.17) is 11.6 Å². The summed E-state index contributed by atoms with van der Waals surface area (Å²) >= 11 is 5.32. The molecular formula is C10H4ClF7O2. The van der Waals surface area contributed by atoms with E-state index in [-0.39, 0.29) is 6.07 Å². The third kappa shape index (κ3) is 3.53. The molecule has 0 aliphatic rings. The minimum absolute atomic E-state index is 0.228. The predicted octanol–water partition coefficient (Wildman–Crippen LogP) is 3.97. The lowest BCUT2D eigenvalue weighted by atomic mass is 10.2. The Morgan fingerprint density at radius 1 is 1.10 bits per heavy atom. The summed E-state index contributed by atoms with van der Waals surface area (Å²) in [7, 11) is 0. The highest BCUT2D eigenvalue weighted by Gasteiger charge is 2.58. The summed E-state index contributed by atoms with van der Waals surface area (Å²) in [6.45, 7) is -2.30. The topological polar surface area (TPSA) is 26.3 Å². The Balaban J connectivity index is 2.86. The zero-order valence-corrected chi connectivity index (χ0v) is 9.96. The molecule has 112 valence electrons. The molecule has 0 aromatic heterocycles. The Hall–Kier alpha value is -1.51. The molecule has 0 unspecified atom stereocenters. The minimum Gasteiger partial charge on any atom is -0.455 e. The number of halogens is 8. The summed E-state index contributed by atoms with van der Waals surface area (Å²) in [6.07, 6.45) is -5.91. The first-order valence-electron chi connectivity index (χ1n) is 4.72. The molecular weight excluding hydrogens is 321 g/mol. The quantitative estimate of drug-likeness (QED) is 0.478. The molecule has 1 aromatic rings. The van der Waals surface area contributed by atoms with Gasteiger partial charge in [-0.1, -0.05) is 11.6 Å². The summed E-state index contributed by atoms with van der Waals surface area (Å²) in [6, 6.07) is 0.584. The number of carbonyl (C=O) groups excluding carboxylic acids is 1. The second-order valence-electron chi connectivity index (χ2n) is 3.52. The van der Waals surface area contributed by atoms with Gasteiger partial charge in [0.15, 0.2) is 18.2 Å². The molecule has 2 nitrogen and oxygen atoms in total. The van der Waals surface area contributed by atoms with Crippen molar-refractivity contribution in [3.05, 3.63) is 34.4 Å². The molecule has 20 heavy (non-hydrogen) atoms. The van der Waals surface area contributed by atoms with Gasteiger partial charge in [0.05, 0.1) is 10.6 Å². The average Bonchev–Trinajstić information content (AvgIpc) is 2.29. The fourth-order valence-corrected chi connectivity index (χ4v) is 1.22. The van der Waals surface area contributed by atoms with Crippen molar-refractivity contribution in [3.8, 4) is 0 Å². The Morgan fingerprint density at radius 3 is 2.10 bits per heavy atom. The normalized spacial score (nSPS) is 12.4. The van der Waals surface area contributed by atoms with Crippen molar-refractivity contribution >= 4 is 17.6 Å². The van der Waals surface area contributed by atoms with Crippen molar-refractivity contribution in [2.75, 3.05) is 6.61 Å². The van der Waals surface area contributed by atoms with Gasteiger partial charge in [-0.25, -0.2) is 13.6 Å². The van der Waals surface area contributed by atoms with E-state index in [1.807, 2.05) is 0 Å². The van der Waals surface area contributed by atoms with E-state index in [1.165, 1.54) is 0 Å². The standard InChI is InChI=1S/C10H4ClF7O2/c11-5-2-7(13)6(12)1-4(5)8(19)20-3-9(14,15)10(16,17)18/h1-2H,3H2. The molecule has 10 heteroatoms. The van der Waals surface area contributed by atoms with Crippen LogP contribution in [-0.4, -0.2) is 24.7 Å². The molecule has 0 spiro atoms. The van der Waals surface area contributed by atoms with Gasteiger partial charge >= 0.3 is 18.1 Å². The molecule has 0 amide bonds. The van der Waals surface area contributed by atoms with Gasteiger partial charge in [-0.05, 0) is 12.1 Å². The van der Waals surface area contributed by atoms with Crippen molar-refractivity contribution < 1.29 is 40.3 Å². The lowest BCUT2D eigenvalue weighted by molar-refractivity contribution is -0.292. The predicted molar refractivity (Wildman–Crippen MR) is 52.7 cm³/mol. The molecule has 1 rings (SSSR count). The number of carbonyl (C=O) groups is 1. The summed E-state index contributed by atoms with van der Waals surface area (Å²) in [5.74, 6) is -9.97. The molecule has 0 heterocycles. The Bertz CT molecular complexity index is 527. The molecule has 0 saturated carbocycles. The molecule has 0 aliphatic heterocycles. The van der Waals surface area contributed by atoms with Crippen LogP contribution in [0.2, 0.25) is 5.02 Å². The van der Waals surface area contributed by atoms with E-state index < -0.39 is 46.9 Å². The highest BCUT2D eigenvalue weighted by molar-refractivity contribution is 6.33. The van der Waals surface area contributed by atoms with E-state index in [0.717, 1.165) is 0 Å². The van der Waals surface area contributed by atoms with Gasteiger partial charge in [-0.15, -0.1) is 0 Å². The highest BCUT2D eigenvalue weighted by Crippen LogP contribution is 2.35. The van der Waals surface area contributed by atoms with Gasteiger partial charge in [0.25, 0.3) is 0 Å². The number of ether oxygens (including phenoxy) is 1. The van der Waals surface area contributed by atoms with Gasteiger partial charge in [-0.2, -0.15) is 22.0 Å². The highest BCUT2D eigenvalue weighted by atomic mass is 35.5. The Kier molecular flexibility index (Phi) is 4.52. The van der Waals surface area contributed by atoms with E-state index in [0.29, 0.717) is 6.07 Å². The van der Waals surface area contributed by atoms with E-state index in [1.54, 1.807) is 0 Å². The maximum absolute atomic E-state index is 12.8.